The van der Waals surface area contributed by atoms with Crippen LogP contribution in [0.1, 0.15) is 29.7 Å². The van der Waals surface area contributed by atoms with Gasteiger partial charge < -0.3 is 19.5 Å². The molecule has 0 bridgehead atoms. The summed E-state index contributed by atoms with van der Waals surface area (Å²) in [5.74, 6) is 1.86. The van der Waals surface area contributed by atoms with E-state index in [4.69, 9.17) is 14.2 Å². The quantitative estimate of drug-likeness (QED) is 0.722. The largest absolute Gasteiger partial charge is 0.497 e. The van der Waals surface area contributed by atoms with Gasteiger partial charge in [0.1, 0.15) is 17.2 Å². The number of hydrogen-bond acceptors (Lipinski definition) is 4. The predicted molar refractivity (Wildman–Crippen MR) is 105 cm³/mol. The fourth-order valence-corrected chi connectivity index (χ4v) is 2.91. The van der Waals surface area contributed by atoms with Gasteiger partial charge in [-0.2, -0.15) is 0 Å². The lowest BCUT2D eigenvalue weighted by molar-refractivity contribution is -0.123. The molecule has 2 aromatic rings. The average Bonchev–Trinajstić information content (AvgIpc) is 2.63. The summed E-state index contributed by atoms with van der Waals surface area (Å²) in [6.45, 7) is 5.81. The van der Waals surface area contributed by atoms with Gasteiger partial charge in [-0.15, -0.1) is 0 Å². The minimum atomic E-state index is -0.246. The average molecular weight is 422 g/mol. The molecule has 26 heavy (non-hydrogen) atoms. The van der Waals surface area contributed by atoms with Gasteiger partial charge in [-0.3, -0.25) is 4.79 Å². The highest BCUT2D eigenvalue weighted by Gasteiger charge is 2.16. The molecule has 1 amide bonds. The van der Waals surface area contributed by atoms with Crippen molar-refractivity contribution in [1.82, 2.24) is 5.32 Å². The van der Waals surface area contributed by atoms with Gasteiger partial charge in [0.15, 0.2) is 6.61 Å². The molecule has 0 aromatic heterocycles. The van der Waals surface area contributed by atoms with E-state index in [1.165, 1.54) is 0 Å². The van der Waals surface area contributed by atoms with Gasteiger partial charge in [-0.05, 0) is 62.2 Å². The summed E-state index contributed by atoms with van der Waals surface area (Å²) in [6, 6.07) is 9.05. The van der Waals surface area contributed by atoms with E-state index in [1.807, 2.05) is 51.1 Å². The van der Waals surface area contributed by atoms with Crippen LogP contribution in [0.15, 0.2) is 34.8 Å². The van der Waals surface area contributed by atoms with E-state index in [0.717, 1.165) is 21.2 Å². The van der Waals surface area contributed by atoms with Crippen LogP contribution in [0.3, 0.4) is 0 Å². The summed E-state index contributed by atoms with van der Waals surface area (Å²) in [5, 5.41) is 2.92. The van der Waals surface area contributed by atoms with Crippen LogP contribution in [0.5, 0.6) is 17.2 Å². The van der Waals surface area contributed by atoms with Crippen LogP contribution in [0.2, 0.25) is 0 Å². The molecular formula is C20H24BrNO4. The Morgan fingerprint density at radius 2 is 1.73 bits per heavy atom. The highest BCUT2D eigenvalue weighted by atomic mass is 79.9. The molecule has 0 radical (unpaired) electrons. The van der Waals surface area contributed by atoms with Crippen molar-refractivity contribution in [3.8, 4) is 17.2 Å². The number of halogens is 1. The first-order chi connectivity index (χ1) is 12.3. The Morgan fingerprint density at radius 3 is 2.31 bits per heavy atom. The number of carbonyl (C=O) groups is 1. The first-order valence-electron chi connectivity index (χ1n) is 8.26. The molecule has 0 spiro atoms. The molecule has 1 unspecified atom stereocenters. The summed E-state index contributed by atoms with van der Waals surface area (Å²) < 4.78 is 17.3. The molecule has 0 aliphatic heterocycles. The third kappa shape index (κ3) is 4.91. The van der Waals surface area contributed by atoms with Gasteiger partial charge in [0.05, 0.1) is 20.3 Å². The Kier molecular flexibility index (Phi) is 6.91. The molecule has 2 aromatic carbocycles. The number of nitrogens with one attached hydrogen (secondary N) is 1. The molecule has 0 aliphatic rings. The molecule has 6 heteroatoms. The molecule has 1 N–H and O–H groups in total. The van der Waals surface area contributed by atoms with E-state index in [9.17, 15) is 4.79 Å². The van der Waals surface area contributed by atoms with Crippen LogP contribution in [0.4, 0.5) is 0 Å². The van der Waals surface area contributed by atoms with Crippen molar-refractivity contribution in [2.45, 2.75) is 26.8 Å². The smallest absolute Gasteiger partial charge is 0.258 e. The van der Waals surface area contributed by atoms with Crippen LogP contribution in [-0.2, 0) is 4.79 Å². The minimum Gasteiger partial charge on any atom is -0.497 e. The minimum absolute atomic E-state index is 0.0584. The van der Waals surface area contributed by atoms with E-state index in [2.05, 4.69) is 21.2 Å². The Bertz CT molecular complexity index is 768. The Labute approximate surface area is 162 Å². The van der Waals surface area contributed by atoms with Crippen LogP contribution >= 0.6 is 15.9 Å². The lowest BCUT2D eigenvalue weighted by atomic mass is 10.1. The number of methoxy groups -OCH3 is 2. The first-order valence-corrected chi connectivity index (χ1v) is 9.05. The van der Waals surface area contributed by atoms with Crippen LogP contribution in [-0.4, -0.2) is 26.7 Å². The second-order valence-corrected chi connectivity index (χ2v) is 6.85. The van der Waals surface area contributed by atoms with Crippen molar-refractivity contribution in [1.29, 1.82) is 0 Å². The van der Waals surface area contributed by atoms with Crippen molar-refractivity contribution in [3.63, 3.8) is 0 Å². The van der Waals surface area contributed by atoms with E-state index < -0.39 is 0 Å². The fourth-order valence-electron chi connectivity index (χ4n) is 2.68. The summed E-state index contributed by atoms with van der Waals surface area (Å²) in [5.41, 5.74) is 2.97. The lowest BCUT2D eigenvalue weighted by Gasteiger charge is -2.18. The van der Waals surface area contributed by atoms with Crippen molar-refractivity contribution in [2.24, 2.45) is 0 Å². The summed E-state index contributed by atoms with van der Waals surface area (Å²) in [6.07, 6.45) is 0. The summed E-state index contributed by atoms with van der Waals surface area (Å²) in [7, 11) is 3.20. The van der Waals surface area contributed by atoms with Crippen molar-refractivity contribution in [3.05, 3.63) is 51.5 Å². The normalized spacial score (nSPS) is 11.6. The van der Waals surface area contributed by atoms with Crippen molar-refractivity contribution in [2.75, 3.05) is 20.8 Å². The van der Waals surface area contributed by atoms with E-state index in [1.54, 1.807) is 14.2 Å². The third-order valence-electron chi connectivity index (χ3n) is 4.06. The number of amides is 1. The van der Waals surface area contributed by atoms with E-state index >= 15 is 0 Å². The molecule has 0 heterocycles. The highest BCUT2D eigenvalue weighted by molar-refractivity contribution is 9.10. The second kappa shape index (κ2) is 8.94. The van der Waals surface area contributed by atoms with Gasteiger partial charge in [-0.25, -0.2) is 0 Å². The maximum Gasteiger partial charge on any atom is 0.258 e. The zero-order valence-electron chi connectivity index (χ0n) is 15.7. The van der Waals surface area contributed by atoms with Crippen molar-refractivity contribution >= 4 is 21.8 Å². The van der Waals surface area contributed by atoms with Gasteiger partial charge >= 0.3 is 0 Å². The topological polar surface area (TPSA) is 56.8 Å². The maximum atomic E-state index is 12.3. The molecule has 1 atom stereocenters. The summed E-state index contributed by atoms with van der Waals surface area (Å²) >= 11 is 3.52. The number of hydrogen-bond donors (Lipinski definition) is 1. The Balaban J connectivity index is 2.01. The maximum absolute atomic E-state index is 12.3. The third-order valence-corrected chi connectivity index (χ3v) is 5.31. The van der Waals surface area contributed by atoms with Crippen LogP contribution < -0.4 is 19.5 Å². The van der Waals surface area contributed by atoms with Gasteiger partial charge in [0, 0.05) is 10.0 Å². The number of aryl methyl sites for hydroxylation is 2. The Hall–Kier alpha value is -2.21. The first kappa shape index (κ1) is 20.1. The SMILES string of the molecule is COc1ccc(OC)c(C(C)NC(=O)COc2cc(C)c(Br)c(C)c2)c1. The number of carbonyl (C=O) groups excluding carboxylic acids is 1. The van der Waals surface area contributed by atoms with Gasteiger partial charge in [0.25, 0.3) is 5.91 Å². The zero-order chi connectivity index (χ0) is 19.3. The number of rotatable bonds is 7. The molecule has 0 aliphatic carbocycles. The standard InChI is InChI=1S/C20H24BrNO4/c1-12-8-16(9-13(2)20(12)21)26-11-19(23)22-14(3)17-10-15(24-4)6-7-18(17)25-5/h6-10,14H,11H2,1-5H3,(H,22,23). The Morgan fingerprint density at radius 1 is 1.08 bits per heavy atom. The van der Waals surface area contributed by atoms with Crippen LogP contribution in [0.25, 0.3) is 0 Å². The molecular weight excluding hydrogens is 398 g/mol. The number of benzene rings is 2. The van der Waals surface area contributed by atoms with Gasteiger partial charge in [0.2, 0.25) is 0 Å². The van der Waals surface area contributed by atoms with Gasteiger partial charge in [-0.1, -0.05) is 15.9 Å². The summed E-state index contributed by atoms with van der Waals surface area (Å²) in [4.78, 5) is 12.3. The van der Waals surface area contributed by atoms with E-state index in [0.29, 0.717) is 17.2 Å². The molecule has 0 saturated heterocycles. The monoisotopic (exact) mass is 421 g/mol. The molecule has 2 rings (SSSR count). The van der Waals surface area contributed by atoms with Crippen molar-refractivity contribution < 1.29 is 19.0 Å². The molecule has 0 fully saturated rings. The van der Waals surface area contributed by atoms with E-state index in [-0.39, 0.29) is 18.6 Å². The zero-order valence-corrected chi connectivity index (χ0v) is 17.3. The fraction of sp³-hybridized carbons (Fsp3) is 0.350. The highest BCUT2D eigenvalue weighted by Crippen LogP contribution is 2.29. The lowest BCUT2D eigenvalue weighted by Crippen LogP contribution is -2.31. The number of ether oxygens (including phenoxy) is 3. The van der Waals surface area contributed by atoms with Crippen LogP contribution in [0, 0.1) is 13.8 Å². The molecule has 0 saturated carbocycles. The predicted octanol–water partition coefficient (Wildman–Crippen LogP) is 4.34. The molecule has 5 nitrogen and oxygen atoms in total. The second-order valence-electron chi connectivity index (χ2n) is 6.06. The molecule has 140 valence electrons.